The van der Waals surface area contributed by atoms with Gasteiger partial charge in [0.1, 0.15) is 5.75 Å². The van der Waals surface area contributed by atoms with E-state index in [-0.39, 0.29) is 0 Å². The summed E-state index contributed by atoms with van der Waals surface area (Å²) in [6, 6.07) is 5.15. The molecule has 2 rings (SSSR count). The molecule has 1 N–H and O–H groups in total. The van der Waals surface area contributed by atoms with Crippen molar-refractivity contribution in [3.63, 3.8) is 0 Å². The maximum absolute atomic E-state index is 6.10. The standard InChI is InChI=1S/C18H30N2O/c1-14-11-16(13-19-3)12-15(2)18(14)21-10-8-17-7-5-6-9-20(17)4/h11-12,17,19H,5-10,13H2,1-4H3. The van der Waals surface area contributed by atoms with Crippen molar-refractivity contribution in [2.24, 2.45) is 0 Å². The number of piperidine rings is 1. The molecule has 118 valence electrons. The van der Waals surface area contributed by atoms with Crippen LogP contribution in [0.2, 0.25) is 0 Å². The normalized spacial score (nSPS) is 19.7. The Morgan fingerprint density at radius 2 is 1.95 bits per heavy atom. The number of nitrogens with zero attached hydrogens (tertiary/aromatic N) is 1. The van der Waals surface area contributed by atoms with Gasteiger partial charge in [-0.3, -0.25) is 0 Å². The van der Waals surface area contributed by atoms with Gasteiger partial charge in [-0.05, 0) is 70.4 Å². The molecule has 0 bridgehead atoms. The minimum Gasteiger partial charge on any atom is -0.493 e. The topological polar surface area (TPSA) is 24.5 Å². The molecule has 1 aliphatic heterocycles. The van der Waals surface area contributed by atoms with Crippen LogP contribution in [0.5, 0.6) is 5.75 Å². The van der Waals surface area contributed by atoms with Crippen molar-refractivity contribution in [3.8, 4) is 5.75 Å². The van der Waals surface area contributed by atoms with Gasteiger partial charge in [-0.1, -0.05) is 18.6 Å². The highest BCUT2D eigenvalue weighted by molar-refractivity contribution is 5.43. The Hall–Kier alpha value is -1.06. The van der Waals surface area contributed by atoms with Gasteiger partial charge in [0.15, 0.2) is 0 Å². The fraction of sp³-hybridized carbons (Fsp3) is 0.667. The van der Waals surface area contributed by atoms with Crippen LogP contribution in [0.1, 0.15) is 42.4 Å². The average Bonchev–Trinajstić information content (AvgIpc) is 2.44. The van der Waals surface area contributed by atoms with Gasteiger partial charge in [0.05, 0.1) is 6.61 Å². The molecule has 0 aliphatic carbocycles. The fourth-order valence-corrected chi connectivity index (χ4v) is 3.38. The largest absolute Gasteiger partial charge is 0.493 e. The second-order valence-electron chi connectivity index (χ2n) is 6.36. The number of benzene rings is 1. The third kappa shape index (κ3) is 4.45. The number of aryl methyl sites for hydroxylation is 2. The van der Waals surface area contributed by atoms with Crippen molar-refractivity contribution >= 4 is 0 Å². The summed E-state index contributed by atoms with van der Waals surface area (Å²) in [5, 5.41) is 3.20. The summed E-state index contributed by atoms with van der Waals surface area (Å²) in [7, 11) is 4.22. The summed E-state index contributed by atoms with van der Waals surface area (Å²) in [6.45, 7) is 7.26. The van der Waals surface area contributed by atoms with Crippen molar-refractivity contribution in [2.75, 3.05) is 27.2 Å². The predicted octanol–water partition coefficient (Wildman–Crippen LogP) is 3.28. The van der Waals surface area contributed by atoms with Gasteiger partial charge in [-0.15, -0.1) is 0 Å². The first-order valence-electron chi connectivity index (χ1n) is 8.19. The van der Waals surface area contributed by atoms with Crippen LogP contribution in [0, 0.1) is 13.8 Å². The highest BCUT2D eigenvalue weighted by atomic mass is 16.5. The number of nitrogens with one attached hydrogen (secondary N) is 1. The van der Waals surface area contributed by atoms with Crippen molar-refractivity contribution in [1.82, 2.24) is 10.2 Å². The molecule has 0 amide bonds. The van der Waals surface area contributed by atoms with E-state index in [2.05, 4.69) is 43.2 Å². The van der Waals surface area contributed by atoms with E-state index in [0.29, 0.717) is 6.04 Å². The van der Waals surface area contributed by atoms with Gasteiger partial charge >= 0.3 is 0 Å². The van der Waals surface area contributed by atoms with Crippen LogP contribution in [0.4, 0.5) is 0 Å². The molecular weight excluding hydrogens is 260 g/mol. The van der Waals surface area contributed by atoms with Crippen LogP contribution in [-0.2, 0) is 6.54 Å². The van der Waals surface area contributed by atoms with Crippen molar-refractivity contribution < 1.29 is 4.74 Å². The Balaban J connectivity index is 1.90. The van der Waals surface area contributed by atoms with Crippen LogP contribution < -0.4 is 10.1 Å². The fourth-order valence-electron chi connectivity index (χ4n) is 3.38. The molecule has 1 heterocycles. The summed E-state index contributed by atoms with van der Waals surface area (Å²) < 4.78 is 6.10. The lowest BCUT2D eigenvalue weighted by Gasteiger charge is -2.32. The monoisotopic (exact) mass is 290 g/mol. The minimum atomic E-state index is 0.697. The number of ether oxygens (including phenoxy) is 1. The third-order valence-corrected chi connectivity index (χ3v) is 4.52. The van der Waals surface area contributed by atoms with E-state index in [1.54, 1.807) is 0 Å². The van der Waals surface area contributed by atoms with Gasteiger partial charge in [0.2, 0.25) is 0 Å². The molecule has 1 saturated heterocycles. The first-order valence-corrected chi connectivity index (χ1v) is 8.19. The number of hydrogen-bond donors (Lipinski definition) is 1. The molecule has 3 heteroatoms. The Morgan fingerprint density at radius 1 is 1.24 bits per heavy atom. The van der Waals surface area contributed by atoms with Crippen LogP contribution >= 0.6 is 0 Å². The zero-order chi connectivity index (χ0) is 15.2. The number of rotatable bonds is 6. The summed E-state index contributed by atoms with van der Waals surface area (Å²) in [4.78, 5) is 2.49. The van der Waals surface area contributed by atoms with Crippen molar-refractivity contribution in [2.45, 2.75) is 52.1 Å². The molecule has 0 saturated carbocycles. The van der Waals surface area contributed by atoms with E-state index in [4.69, 9.17) is 4.74 Å². The third-order valence-electron chi connectivity index (χ3n) is 4.52. The Labute approximate surface area is 129 Å². The van der Waals surface area contributed by atoms with E-state index in [0.717, 1.165) is 25.3 Å². The maximum atomic E-state index is 6.10. The quantitative estimate of drug-likeness (QED) is 0.870. The lowest BCUT2D eigenvalue weighted by atomic mass is 10.0. The Bertz CT molecular complexity index is 436. The molecule has 21 heavy (non-hydrogen) atoms. The van der Waals surface area contributed by atoms with E-state index < -0.39 is 0 Å². The zero-order valence-corrected chi connectivity index (χ0v) is 14.0. The Kier molecular flexibility index (Phi) is 6.07. The molecule has 1 aromatic carbocycles. The van der Waals surface area contributed by atoms with Crippen LogP contribution in [-0.4, -0.2) is 38.2 Å². The van der Waals surface area contributed by atoms with Gasteiger partial charge in [-0.25, -0.2) is 0 Å². The summed E-state index contributed by atoms with van der Waals surface area (Å²) in [5.41, 5.74) is 3.82. The van der Waals surface area contributed by atoms with Crippen molar-refractivity contribution in [1.29, 1.82) is 0 Å². The lowest BCUT2D eigenvalue weighted by Crippen LogP contribution is -2.37. The van der Waals surface area contributed by atoms with Crippen LogP contribution in [0.15, 0.2) is 12.1 Å². The van der Waals surface area contributed by atoms with Gasteiger partial charge in [0, 0.05) is 12.6 Å². The maximum Gasteiger partial charge on any atom is 0.125 e. The smallest absolute Gasteiger partial charge is 0.125 e. The first kappa shape index (κ1) is 16.3. The predicted molar refractivity (Wildman–Crippen MR) is 89.1 cm³/mol. The summed E-state index contributed by atoms with van der Waals surface area (Å²) in [5.74, 6) is 1.08. The molecule has 1 aromatic rings. The SMILES string of the molecule is CNCc1cc(C)c(OCCC2CCCCN2C)c(C)c1. The van der Waals surface area contributed by atoms with Gasteiger partial charge in [-0.2, -0.15) is 0 Å². The van der Waals surface area contributed by atoms with E-state index in [9.17, 15) is 0 Å². The summed E-state index contributed by atoms with van der Waals surface area (Å²) >= 11 is 0. The average molecular weight is 290 g/mol. The molecule has 0 aromatic heterocycles. The van der Waals surface area contributed by atoms with Gasteiger partial charge < -0.3 is 15.0 Å². The molecule has 1 fully saturated rings. The van der Waals surface area contributed by atoms with E-state index >= 15 is 0 Å². The second kappa shape index (κ2) is 7.81. The van der Waals surface area contributed by atoms with E-state index in [1.807, 2.05) is 7.05 Å². The molecule has 3 nitrogen and oxygen atoms in total. The number of hydrogen-bond acceptors (Lipinski definition) is 3. The first-order chi connectivity index (χ1) is 10.1. The minimum absolute atomic E-state index is 0.697. The molecule has 0 radical (unpaired) electrons. The van der Waals surface area contributed by atoms with E-state index in [1.165, 1.54) is 42.5 Å². The van der Waals surface area contributed by atoms with Crippen LogP contribution in [0.3, 0.4) is 0 Å². The highest BCUT2D eigenvalue weighted by Gasteiger charge is 2.18. The van der Waals surface area contributed by atoms with Gasteiger partial charge in [0.25, 0.3) is 0 Å². The molecule has 1 atom stereocenters. The molecule has 1 unspecified atom stereocenters. The molecule has 1 aliphatic rings. The summed E-state index contributed by atoms with van der Waals surface area (Å²) in [6.07, 6.45) is 5.16. The Morgan fingerprint density at radius 3 is 2.57 bits per heavy atom. The van der Waals surface area contributed by atoms with Crippen molar-refractivity contribution in [3.05, 3.63) is 28.8 Å². The molecular formula is C18H30N2O. The zero-order valence-electron chi connectivity index (χ0n) is 14.0. The molecule has 0 spiro atoms. The van der Waals surface area contributed by atoms with Crippen LogP contribution in [0.25, 0.3) is 0 Å². The lowest BCUT2D eigenvalue weighted by molar-refractivity contribution is 0.152. The number of likely N-dealkylation sites (tertiary alicyclic amines) is 1. The second-order valence-corrected chi connectivity index (χ2v) is 6.36. The highest BCUT2D eigenvalue weighted by Crippen LogP contribution is 2.26.